The van der Waals surface area contributed by atoms with Gasteiger partial charge in [-0.15, -0.1) is 0 Å². The summed E-state index contributed by atoms with van der Waals surface area (Å²) in [7, 11) is 0. The van der Waals surface area contributed by atoms with Crippen LogP contribution in [0.1, 0.15) is 37.1 Å². The average molecular weight is 333 g/mol. The Morgan fingerprint density at radius 1 is 1.17 bits per heavy atom. The molecule has 0 fully saturated rings. The first-order valence-corrected chi connectivity index (χ1v) is 7.87. The molecule has 0 saturated heterocycles. The summed E-state index contributed by atoms with van der Waals surface area (Å²) < 4.78 is 0. The van der Waals surface area contributed by atoms with E-state index in [1.165, 1.54) is 6.92 Å². The van der Waals surface area contributed by atoms with Crippen LogP contribution in [0.2, 0.25) is 5.02 Å². The maximum atomic E-state index is 11.2. The number of aliphatic hydroxyl groups excluding tert-OH is 1. The molecule has 2 aromatic rings. The van der Waals surface area contributed by atoms with Gasteiger partial charge < -0.3 is 15.7 Å². The van der Waals surface area contributed by atoms with Crippen molar-refractivity contribution in [1.82, 2.24) is 5.32 Å². The van der Waals surface area contributed by atoms with Gasteiger partial charge >= 0.3 is 0 Å². The van der Waals surface area contributed by atoms with E-state index in [4.69, 9.17) is 11.6 Å². The lowest BCUT2D eigenvalue weighted by atomic mass is 10.0. The van der Waals surface area contributed by atoms with Gasteiger partial charge in [0.2, 0.25) is 5.91 Å². The molecule has 3 N–H and O–H groups in total. The number of anilines is 1. The molecule has 0 heterocycles. The number of carbonyl (C=O) groups excluding carboxylic acids is 1. The highest BCUT2D eigenvalue weighted by Crippen LogP contribution is 2.22. The Kier molecular flexibility index (Phi) is 6.16. The maximum absolute atomic E-state index is 11.2. The van der Waals surface area contributed by atoms with E-state index < -0.39 is 0 Å². The molecule has 0 aliphatic heterocycles. The summed E-state index contributed by atoms with van der Waals surface area (Å²) in [5.74, 6) is -0.0999. The Bertz CT molecular complexity index is 658. The molecule has 2 atom stereocenters. The third-order valence-corrected chi connectivity index (χ3v) is 3.87. The third-order valence-electron chi connectivity index (χ3n) is 3.61. The van der Waals surface area contributed by atoms with E-state index >= 15 is 0 Å². The predicted octanol–water partition coefficient (Wildman–Crippen LogP) is 3.68. The largest absolute Gasteiger partial charge is 0.394 e. The molecule has 0 radical (unpaired) electrons. The molecular formula is C18H21ClN2O2. The van der Waals surface area contributed by atoms with E-state index in [0.717, 1.165) is 16.8 Å². The Hall–Kier alpha value is -1.88. The highest BCUT2D eigenvalue weighted by molar-refractivity contribution is 6.30. The van der Waals surface area contributed by atoms with Crippen molar-refractivity contribution in [3.8, 4) is 0 Å². The lowest BCUT2D eigenvalue weighted by molar-refractivity contribution is -0.114. The predicted molar refractivity (Wildman–Crippen MR) is 93.6 cm³/mol. The van der Waals surface area contributed by atoms with Gasteiger partial charge in [-0.1, -0.05) is 35.9 Å². The first-order chi connectivity index (χ1) is 11.0. The lowest BCUT2D eigenvalue weighted by Crippen LogP contribution is -2.27. The number of halogens is 1. The second kappa shape index (κ2) is 8.11. The minimum Gasteiger partial charge on any atom is -0.394 e. The lowest BCUT2D eigenvalue weighted by Gasteiger charge is -2.23. The van der Waals surface area contributed by atoms with Gasteiger partial charge in [0.15, 0.2) is 0 Å². The van der Waals surface area contributed by atoms with Crippen LogP contribution in [0.25, 0.3) is 0 Å². The summed E-state index contributed by atoms with van der Waals surface area (Å²) in [6.07, 6.45) is 0. The molecule has 0 aliphatic rings. The van der Waals surface area contributed by atoms with Crippen molar-refractivity contribution >= 4 is 23.2 Å². The maximum Gasteiger partial charge on any atom is 0.221 e. The fourth-order valence-corrected chi connectivity index (χ4v) is 2.56. The summed E-state index contributed by atoms with van der Waals surface area (Å²) in [6.45, 7) is 3.49. The van der Waals surface area contributed by atoms with Crippen molar-refractivity contribution < 1.29 is 9.90 Å². The van der Waals surface area contributed by atoms with Crippen molar-refractivity contribution in [2.75, 3.05) is 11.9 Å². The van der Waals surface area contributed by atoms with Crippen molar-refractivity contribution in [2.24, 2.45) is 0 Å². The number of rotatable bonds is 6. The monoisotopic (exact) mass is 332 g/mol. The molecule has 4 nitrogen and oxygen atoms in total. The van der Waals surface area contributed by atoms with Gasteiger partial charge in [0, 0.05) is 23.7 Å². The minimum absolute atomic E-state index is 0.0107. The average Bonchev–Trinajstić information content (AvgIpc) is 2.53. The molecular weight excluding hydrogens is 312 g/mol. The summed E-state index contributed by atoms with van der Waals surface area (Å²) in [5.41, 5.74) is 2.76. The van der Waals surface area contributed by atoms with E-state index in [9.17, 15) is 9.90 Å². The topological polar surface area (TPSA) is 61.4 Å². The first-order valence-electron chi connectivity index (χ1n) is 7.49. The molecule has 0 aromatic heterocycles. The van der Waals surface area contributed by atoms with E-state index in [-0.39, 0.29) is 24.6 Å². The first kappa shape index (κ1) is 17.5. The second-order valence-electron chi connectivity index (χ2n) is 5.48. The van der Waals surface area contributed by atoms with Gasteiger partial charge in [0.25, 0.3) is 0 Å². The molecule has 2 rings (SSSR count). The molecule has 122 valence electrons. The van der Waals surface area contributed by atoms with Crippen LogP contribution in [0, 0.1) is 0 Å². The Labute approximate surface area is 141 Å². The van der Waals surface area contributed by atoms with Gasteiger partial charge in [-0.05, 0) is 42.3 Å². The fraction of sp³-hybridized carbons (Fsp3) is 0.278. The van der Waals surface area contributed by atoms with Gasteiger partial charge in [-0.2, -0.15) is 0 Å². The van der Waals surface area contributed by atoms with E-state index in [1.807, 2.05) is 55.5 Å². The number of hydrogen-bond acceptors (Lipinski definition) is 3. The Morgan fingerprint density at radius 2 is 1.87 bits per heavy atom. The van der Waals surface area contributed by atoms with Crippen LogP contribution in [-0.2, 0) is 4.79 Å². The molecule has 0 bridgehead atoms. The van der Waals surface area contributed by atoms with Crippen molar-refractivity contribution in [1.29, 1.82) is 0 Å². The van der Waals surface area contributed by atoms with Crippen LogP contribution in [0.5, 0.6) is 0 Å². The highest BCUT2D eigenvalue weighted by Gasteiger charge is 2.15. The normalized spacial score (nSPS) is 13.4. The summed E-state index contributed by atoms with van der Waals surface area (Å²) in [4.78, 5) is 11.2. The zero-order valence-corrected chi connectivity index (χ0v) is 14.0. The summed E-state index contributed by atoms with van der Waals surface area (Å²) in [6, 6.07) is 14.9. The number of carbonyl (C=O) groups is 1. The molecule has 0 spiro atoms. The number of benzene rings is 2. The molecule has 23 heavy (non-hydrogen) atoms. The summed E-state index contributed by atoms with van der Waals surface area (Å²) >= 11 is 5.90. The van der Waals surface area contributed by atoms with Crippen molar-refractivity contribution in [3.63, 3.8) is 0 Å². The smallest absolute Gasteiger partial charge is 0.221 e. The number of hydrogen-bond donors (Lipinski definition) is 3. The van der Waals surface area contributed by atoms with Crippen LogP contribution in [-0.4, -0.2) is 17.6 Å². The van der Waals surface area contributed by atoms with E-state index in [2.05, 4.69) is 10.6 Å². The number of amides is 1. The van der Waals surface area contributed by atoms with Gasteiger partial charge in [0.05, 0.1) is 12.6 Å². The molecule has 1 amide bonds. The highest BCUT2D eigenvalue weighted by atomic mass is 35.5. The van der Waals surface area contributed by atoms with Crippen LogP contribution in [0.3, 0.4) is 0 Å². The van der Waals surface area contributed by atoms with Gasteiger partial charge in [-0.3, -0.25) is 4.79 Å². The number of aliphatic hydroxyl groups is 1. The molecule has 2 aromatic carbocycles. The zero-order chi connectivity index (χ0) is 16.8. The SMILES string of the molecule is CC(=O)Nc1cccc(C(C)NC(CO)c2ccc(Cl)cc2)c1. The molecule has 2 unspecified atom stereocenters. The standard InChI is InChI=1S/C18H21ClN2O2/c1-12(15-4-3-5-17(10-15)21-13(2)23)20-18(11-22)14-6-8-16(19)9-7-14/h3-10,12,18,20,22H,11H2,1-2H3,(H,21,23). The minimum atomic E-state index is -0.188. The second-order valence-corrected chi connectivity index (χ2v) is 5.92. The quantitative estimate of drug-likeness (QED) is 0.756. The molecule has 0 saturated carbocycles. The van der Waals surface area contributed by atoms with E-state index in [0.29, 0.717) is 5.02 Å². The molecule has 5 heteroatoms. The van der Waals surface area contributed by atoms with Crippen LogP contribution in [0.15, 0.2) is 48.5 Å². The van der Waals surface area contributed by atoms with E-state index in [1.54, 1.807) is 0 Å². The van der Waals surface area contributed by atoms with Crippen molar-refractivity contribution in [2.45, 2.75) is 25.9 Å². The Balaban J connectivity index is 2.11. The Morgan fingerprint density at radius 3 is 2.48 bits per heavy atom. The number of nitrogens with one attached hydrogen (secondary N) is 2. The van der Waals surface area contributed by atoms with Crippen LogP contribution >= 0.6 is 11.6 Å². The van der Waals surface area contributed by atoms with Crippen molar-refractivity contribution in [3.05, 3.63) is 64.7 Å². The summed E-state index contributed by atoms with van der Waals surface area (Å²) in [5, 5.41) is 16.5. The molecule has 0 aliphatic carbocycles. The fourth-order valence-electron chi connectivity index (χ4n) is 2.44. The van der Waals surface area contributed by atoms with Crippen LogP contribution in [0.4, 0.5) is 5.69 Å². The zero-order valence-electron chi connectivity index (χ0n) is 13.2. The van der Waals surface area contributed by atoms with Gasteiger partial charge in [-0.25, -0.2) is 0 Å². The third kappa shape index (κ3) is 5.06. The van der Waals surface area contributed by atoms with Gasteiger partial charge in [0.1, 0.15) is 0 Å². The van der Waals surface area contributed by atoms with Crippen LogP contribution < -0.4 is 10.6 Å².